The number of aliphatic hydroxyl groups excluding tert-OH is 2. The summed E-state index contributed by atoms with van der Waals surface area (Å²) in [5.74, 6) is -0.203. The van der Waals surface area contributed by atoms with Crippen molar-refractivity contribution in [2.24, 2.45) is 0 Å². The number of hydrogen-bond acceptors (Lipinski definition) is 5. The third-order valence-electron chi connectivity index (χ3n) is 5.23. The number of ether oxygens (including phenoxy) is 2. The Morgan fingerprint density at radius 1 is 1.00 bits per heavy atom. The van der Waals surface area contributed by atoms with E-state index in [0.29, 0.717) is 5.56 Å². The molecule has 132 valence electrons. The summed E-state index contributed by atoms with van der Waals surface area (Å²) >= 11 is 0. The van der Waals surface area contributed by atoms with Crippen LogP contribution in [0, 0.1) is 0 Å². The van der Waals surface area contributed by atoms with Crippen LogP contribution in [-0.2, 0) is 9.47 Å². The van der Waals surface area contributed by atoms with E-state index in [2.05, 4.69) is 0 Å². The van der Waals surface area contributed by atoms with Crippen molar-refractivity contribution in [1.29, 1.82) is 0 Å². The number of aliphatic hydroxyl groups is 2. The van der Waals surface area contributed by atoms with E-state index >= 15 is 0 Å². The van der Waals surface area contributed by atoms with Crippen LogP contribution in [0.25, 0.3) is 0 Å². The van der Waals surface area contributed by atoms with E-state index in [1.54, 1.807) is 12.1 Å². The minimum Gasteiger partial charge on any atom is -0.388 e. The molecule has 0 aliphatic carbocycles. The van der Waals surface area contributed by atoms with Gasteiger partial charge in [-0.2, -0.15) is 0 Å². The Morgan fingerprint density at radius 3 is 1.92 bits per heavy atom. The van der Waals surface area contributed by atoms with E-state index in [4.69, 9.17) is 9.47 Å². The van der Waals surface area contributed by atoms with Gasteiger partial charge < -0.3 is 24.6 Å². The summed E-state index contributed by atoms with van der Waals surface area (Å²) in [5.41, 5.74) is 0.547. The maximum absolute atomic E-state index is 12.4. The van der Waals surface area contributed by atoms with Gasteiger partial charge in [0.25, 0.3) is 5.91 Å². The third kappa shape index (κ3) is 2.95. The van der Waals surface area contributed by atoms with Crippen molar-refractivity contribution >= 4 is 5.91 Å². The number of nitrogens with zero attached hydrogens (tertiary/aromatic N) is 1. The first-order valence-corrected chi connectivity index (χ1v) is 8.22. The summed E-state index contributed by atoms with van der Waals surface area (Å²) in [6, 6.07) is 7.08. The van der Waals surface area contributed by atoms with Crippen molar-refractivity contribution < 1.29 is 24.5 Å². The van der Waals surface area contributed by atoms with Crippen molar-refractivity contribution in [3.8, 4) is 0 Å². The molecule has 0 spiro atoms. The SMILES string of the molecule is CC1(C)OC(c2ccc(C(=O)N3C[C@@H](O)[C@H](O)C3)cc2)OC1(C)C. The molecule has 0 radical (unpaired) electrons. The number of benzene rings is 1. The molecule has 0 bridgehead atoms. The molecule has 0 saturated carbocycles. The monoisotopic (exact) mass is 335 g/mol. The van der Waals surface area contributed by atoms with Crippen molar-refractivity contribution in [3.63, 3.8) is 0 Å². The third-order valence-corrected chi connectivity index (χ3v) is 5.23. The summed E-state index contributed by atoms with van der Waals surface area (Å²) in [6.07, 6.45) is -2.22. The van der Waals surface area contributed by atoms with Crippen molar-refractivity contribution in [3.05, 3.63) is 35.4 Å². The van der Waals surface area contributed by atoms with E-state index in [1.165, 1.54) is 4.90 Å². The number of likely N-dealkylation sites (tertiary alicyclic amines) is 1. The second-order valence-electron chi connectivity index (χ2n) is 7.56. The van der Waals surface area contributed by atoms with E-state index in [9.17, 15) is 15.0 Å². The molecule has 0 aromatic heterocycles. The average Bonchev–Trinajstić information content (AvgIpc) is 2.95. The van der Waals surface area contributed by atoms with Gasteiger partial charge in [-0.1, -0.05) is 12.1 Å². The van der Waals surface area contributed by atoms with Crippen LogP contribution in [0.15, 0.2) is 24.3 Å². The van der Waals surface area contributed by atoms with Gasteiger partial charge in [0.1, 0.15) is 0 Å². The zero-order chi connectivity index (χ0) is 17.7. The predicted octanol–water partition coefficient (Wildman–Crippen LogP) is 1.47. The molecule has 2 aliphatic rings. The fourth-order valence-electron chi connectivity index (χ4n) is 2.88. The first-order valence-electron chi connectivity index (χ1n) is 8.22. The lowest BCUT2D eigenvalue weighted by molar-refractivity contribution is -0.0895. The van der Waals surface area contributed by atoms with E-state index in [-0.39, 0.29) is 19.0 Å². The highest BCUT2D eigenvalue weighted by atomic mass is 16.7. The second-order valence-corrected chi connectivity index (χ2v) is 7.56. The molecule has 2 atom stereocenters. The topological polar surface area (TPSA) is 79.2 Å². The molecule has 2 aliphatic heterocycles. The van der Waals surface area contributed by atoms with Gasteiger partial charge in [-0.25, -0.2) is 0 Å². The zero-order valence-corrected chi connectivity index (χ0v) is 14.5. The molecule has 2 saturated heterocycles. The minimum absolute atomic E-state index is 0.152. The molecule has 1 aromatic carbocycles. The lowest BCUT2D eigenvalue weighted by atomic mass is 9.90. The van der Waals surface area contributed by atoms with Crippen LogP contribution in [0.5, 0.6) is 0 Å². The zero-order valence-electron chi connectivity index (χ0n) is 14.5. The standard InChI is InChI=1S/C18H25NO5/c1-17(2)18(3,4)24-16(23-17)12-7-5-11(6-8-12)15(22)19-9-13(20)14(21)10-19/h5-8,13-14,16,20-21H,9-10H2,1-4H3/t13-,14-/m1/s1. The highest BCUT2D eigenvalue weighted by molar-refractivity contribution is 5.94. The fourth-order valence-corrected chi connectivity index (χ4v) is 2.88. The van der Waals surface area contributed by atoms with Gasteiger partial charge in [-0.15, -0.1) is 0 Å². The molecule has 24 heavy (non-hydrogen) atoms. The molecule has 2 N–H and O–H groups in total. The van der Waals surface area contributed by atoms with Crippen LogP contribution in [0.2, 0.25) is 0 Å². The number of β-amino-alcohol motifs (C(OH)–C–C–N with tert-alkyl or cyclic N) is 2. The van der Waals surface area contributed by atoms with Crippen LogP contribution < -0.4 is 0 Å². The molecule has 6 nitrogen and oxygen atoms in total. The summed E-state index contributed by atoms with van der Waals surface area (Å²) in [7, 11) is 0. The number of rotatable bonds is 2. The molecular weight excluding hydrogens is 310 g/mol. The molecule has 2 heterocycles. The normalized spacial score (nSPS) is 29.2. The molecule has 2 fully saturated rings. The van der Waals surface area contributed by atoms with Crippen molar-refractivity contribution in [2.45, 2.75) is 57.4 Å². The Labute approximate surface area is 142 Å². The molecule has 0 unspecified atom stereocenters. The Morgan fingerprint density at radius 2 is 1.46 bits per heavy atom. The van der Waals surface area contributed by atoms with Gasteiger partial charge in [0.2, 0.25) is 0 Å². The fraction of sp³-hybridized carbons (Fsp3) is 0.611. The Balaban J connectivity index is 1.72. The van der Waals surface area contributed by atoms with Gasteiger partial charge in [0, 0.05) is 24.2 Å². The maximum Gasteiger partial charge on any atom is 0.254 e. The Hall–Kier alpha value is -1.47. The molecule has 3 rings (SSSR count). The number of amides is 1. The second kappa shape index (κ2) is 5.81. The highest BCUT2D eigenvalue weighted by Gasteiger charge is 2.49. The van der Waals surface area contributed by atoms with E-state index in [1.807, 2.05) is 39.8 Å². The minimum atomic E-state index is -0.877. The van der Waals surface area contributed by atoms with Crippen LogP contribution in [-0.4, -0.2) is 57.5 Å². The smallest absolute Gasteiger partial charge is 0.254 e. The van der Waals surface area contributed by atoms with Crippen molar-refractivity contribution in [1.82, 2.24) is 4.90 Å². The number of hydrogen-bond donors (Lipinski definition) is 2. The van der Waals surface area contributed by atoms with Gasteiger partial charge in [0.15, 0.2) is 6.29 Å². The molecule has 1 aromatic rings. The molecular formula is C18H25NO5. The summed E-state index contributed by atoms with van der Waals surface area (Å²) < 4.78 is 12.0. The average molecular weight is 335 g/mol. The first-order chi connectivity index (χ1) is 11.1. The highest BCUT2D eigenvalue weighted by Crippen LogP contribution is 2.44. The van der Waals surface area contributed by atoms with Gasteiger partial charge in [-0.3, -0.25) is 4.79 Å². The number of carbonyl (C=O) groups excluding carboxylic acids is 1. The molecule has 6 heteroatoms. The van der Waals surface area contributed by atoms with Gasteiger partial charge >= 0.3 is 0 Å². The van der Waals surface area contributed by atoms with Crippen LogP contribution >= 0.6 is 0 Å². The van der Waals surface area contributed by atoms with Crippen LogP contribution in [0.4, 0.5) is 0 Å². The predicted molar refractivity (Wildman–Crippen MR) is 87.4 cm³/mol. The van der Waals surface area contributed by atoms with Crippen LogP contribution in [0.1, 0.15) is 49.9 Å². The van der Waals surface area contributed by atoms with Gasteiger partial charge in [-0.05, 0) is 39.8 Å². The summed E-state index contributed by atoms with van der Waals surface area (Å²) in [5, 5.41) is 19.1. The van der Waals surface area contributed by atoms with Crippen LogP contribution in [0.3, 0.4) is 0 Å². The lowest BCUT2D eigenvalue weighted by Crippen LogP contribution is -2.41. The van der Waals surface area contributed by atoms with Gasteiger partial charge in [0.05, 0.1) is 23.4 Å². The molecule has 1 amide bonds. The van der Waals surface area contributed by atoms with Crippen molar-refractivity contribution in [2.75, 3.05) is 13.1 Å². The van der Waals surface area contributed by atoms with E-state index in [0.717, 1.165) is 5.56 Å². The quantitative estimate of drug-likeness (QED) is 0.855. The first kappa shape index (κ1) is 17.4. The largest absolute Gasteiger partial charge is 0.388 e. The lowest BCUT2D eigenvalue weighted by Gasteiger charge is -2.30. The maximum atomic E-state index is 12.4. The summed E-state index contributed by atoms with van der Waals surface area (Å²) in [6.45, 7) is 8.28. The number of carbonyl (C=O) groups is 1. The Kier molecular flexibility index (Phi) is 4.20. The Bertz CT molecular complexity index is 599. The van der Waals surface area contributed by atoms with E-state index < -0.39 is 29.7 Å². The summed E-state index contributed by atoms with van der Waals surface area (Å²) in [4.78, 5) is 13.9.